The van der Waals surface area contributed by atoms with Crippen molar-refractivity contribution in [2.45, 2.75) is 0 Å². The van der Waals surface area contributed by atoms with Crippen LogP contribution in [0.4, 0.5) is 0 Å². The molecule has 1 aliphatic carbocycles. The van der Waals surface area contributed by atoms with E-state index < -0.39 is 0 Å². The van der Waals surface area contributed by atoms with Crippen LogP contribution in [-0.4, -0.2) is 14.5 Å². The summed E-state index contributed by atoms with van der Waals surface area (Å²) in [6.45, 7) is 0. The first-order chi connectivity index (χ1) is 23.3. The molecule has 0 spiro atoms. The van der Waals surface area contributed by atoms with Crippen LogP contribution >= 0.6 is 11.3 Å². The molecule has 0 unspecified atom stereocenters. The molecule has 12 rings (SSSR count). The Bertz CT molecular complexity index is 3200. The molecule has 1 aliphatic rings. The van der Waals surface area contributed by atoms with Crippen LogP contribution < -0.4 is 0 Å². The fourth-order valence-electron chi connectivity index (χ4n) is 8.21. The van der Waals surface area contributed by atoms with Gasteiger partial charge in [0.2, 0.25) is 0 Å². The molecule has 0 radical (unpaired) electrons. The predicted molar refractivity (Wildman–Crippen MR) is 196 cm³/mol. The number of benzene rings is 7. The van der Waals surface area contributed by atoms with Crippen LogP contribution in [0.3, 0.4) is 0 Å². The Labute approximate surface area is 270 Å². The Kier molecular flexibility index (Phi) is 4.33. The van der Waals surface area contributed by atoms with Crippen molar-refractivity contribution in [2.24, 2.45) is 0 Å². The summed E-state index contributed by atoms with van der Waals surface area (Å²) in [6, 6.07) is 45.4. The molecule has 4 heterocycles. The maximum absolute atomic E-state index is 6.58. The lowest BCUT2D eigenvalue weighted by Crippen LogP contribution is -2.04. The van der Waals surface area contributed by atoms with Crippen molar-refractivity contribution in [1.29, 1.82) is 0 Å². The highest BCUT2D eigenvalue weighted by molar-refractivity contribution is 7.26. The molecule has 0 aliphatic heterocycles. The number of hydrogen-bond donors (Lipinski definition) is 0. The Balaban J connectivity index is 1.32. The van der Waals surface area contributed by atoms with Gasteiger partial charge in [-0.15, -0.1) is 11.3 Å². The average molecular weight is 616 g/mol. The Morgan fingerprint density at radius 1 is 0.489 bits per heavy atom. The molecule has 0 saturated carbocycles. The van der Waals surface area contributed by atoms with E-state index in [0.717, 1.165) is 61.1 Å². The summed E-state index contributed by atoms with van der Waals surface area (Å²) in [7, 11) is 0. The van der Waals surface area contributed by atoms with Crippen molar-refractivity contribution >= 4 is 97.1 Å². The highest BCUT2D eigenvalue weighted by atomic mass is 32.1. The molecule has 4 aromatic heterocycles. The zero-order valence-electron chi connectivity index (χ0n) is 24.8. The quantitative estimate of drug-likeness (QED) is 0.194. The van der Waals surface area contributed by atoms with Crippen LogP contribution in [0.2, 0.25) is 0 Å². The Morgan fingerprint density at radius 3 is 2.09 bits per heavy atom. The number of hydrogen-bond acceptors (Lipinski definition) is 4. The minimum absolute atomic E-state index is 0.799. The molecular formula is C42H21N3OS. The van der Waals surface area contributed by atoms with Gasteiger partial charge >= 0.3 is 0 Å². The fourth-order valence-corrected chi connectivity index (χ4v) is 9.35. The van der Waals surface area contributed by atoms with E-state index in [9.17, 15) is 0 Å². The van der Waals surface area contributed by atoms with E-state index in [1.807, 2.05) is 41.7 Å². The number of thiophene rings is 1. The number of para-hydroxylation sites is 4. The lowest BCUT2D eigenvalue weighted by molar-refractivity contribution is 0.669. The first-order valence-corrected chi connectivity index (χ1v) is 16.7. The largest absolute Gasteiger partial charge is 0.455 e. The molecule has 11 aromatic rings. The molecular weight excluding hydrogens is 595 g/mol. The van der Waals surface area contributed by atoms with Gasteiger partial charge in [0.25, 0.3) is 0 Å². The van der Waals surface area contributed by atoms with Crippen LogP contribution in [0.1, 0.15) is 0 Å². The SMILES string of the molecule is c1cc2c3c(c1)ccc1c3c3c4c(ccc3n1-c1nc3ccccc3nc1-c1cccc3c1oc1ccccc13)sc1cccc-2c14. The summed E-state index contributed by atoms with van der Waals surface area (Å²) in [4.78, 5) is 10.8. The van der Waals surface area contributed by atoms with Crippen LogP contribution in [0.5, 0.6) is 0 Å². The van der Waals surface area contributed by atoms with Gasteiger partial charge in [0, 0.05) is 47.3 Å². The third kappa shape index (κ3) is 2.94. The Morgan fingerprint density at radius 2 is 1.17 bits per heavy atom. The zero-order valence-corrected chi connectivity index (χ0v) is 25.6. The molecule has 216 valence electrons. The van der Waals surface area contributed by atoms with Crippen molar-refractivity contribution in [3.8, 4) is 28.2 Å². The molecule has 0 saturated heterocycles. The van der Waals surface area contributed by atoms with E-state index in [1.54, 1.807) is 0 Å². The molecule has 7 aromatic carbocycles. The first kappa shape index (κ1) is 24.2. The van der Waals surface area contributed by atoms with Gasteiger partial charge in [-0.25, -0.2) is 9.97 Å². The average Bonchev–Trinajstić information content (AvgIpc) is 3.77. The van der Waals surface area contributed by atoms with Crippen LogP contribution in [0.15, 0.2) is 132 Å². The summed E-state index contributed by atoms with van der Waals surface area (Å²) in [5, 5.41) is 9.95. The summed E-state index contributed by atoms with van der Waals surface area (Å²) in [5.41, 5.74) is 9.98. The molecule has 0 bridgehead atoms. The monoisotopic (exact) mass is 615 g/mol. The maximum atomic E-state index is 6.58. The van der Waals surface area contributed by atoms with Gasteiger partial charge in [-0.1, -0.05) is 78.9 Å². The number of furan rings is 1. The number of nitrogens with zero attached hydrogens (tertiary/aromatic N) is 3. The third-order valence-corrected chi connectivity index (χ3v) is 11.2. The van der Waals surface area contributed by atoms with Crippen molar-refractivity contribution in [3.05, 3.63) is 127 Å². The van der Waals surface area contributed by atoms with E-state index in [2.05, 4.69) is 102 Å². The topological polar surface area (TPSA) is 43.9 Å². The normalized spacial score (nSPS) is 12.7. The molecule has 0 atom stereocenters. The zero-order chi connectivity index (χ0) is 30.4. The van der Waals surface area contributed by atoms with E-state index in [1.165, 1.54) is 52.8 Å². The standard InChI is InChI=1S/C42H21N3OS/c1-4-16-32-23(9-1)26-12-6-13-27(41(26)46-32)40-42(44-29-15-3-2-14-28(29)43-40)45-30-19-18-22-8-5-10-24-25-11-7-17-33-36(25)39-34(47-33)21-20-31(45)38(39)37(30)35(22)24/h1-21H. The highest BCUT2D eigenvalue weighted by Crippen LogP contribution is 2.52. The molecule has 0 N–H and O–H groups in total. The van der Waals surface area contributed by atoms with Crippen molar-refractivity contribution < 1.29 is 4.42 Å². The summed E-state index contributed by atoms with van der Waals surface area (Å²) in [5.74, 6) is 0.799. The van der Waals surface area contributed by atoms with E-state index >= 15 is 0 Å². The van der Waals surface area contributed by atoms with Crippen LogP contribution in [0, 0.1) is 0 Å². The van der Waals surface area contributed by atoms with Gasteiger partial charge < -0.3 is 4.42 Å². The summed E-state index contributed by atoms with van der Waals surface area (Å²) >= 11 is 1.88. The number of rotatable bonds is 2. The van der Waals surface area contributed by atoms with Gasteiger partial charge in [-0.2, -0.15) is 0 Å². The molecule has 0 amide bonds. The van der Waals surface area contributed by atoms with Crippen LogP contribution in [-0.2, 0) is 0 Å². The lowest BCUT2D eigenvalue weighted by Gasteiger charge is -2.15. The summed E-state index contributed by atoms with van der Waals surface area (Å²) < 4.78 is 11.6. The molecule has 47 heavy (non-hydrogen) atoms. The summed E-state index contributed by atoms with van der Waals surface area (Å²) in [6.07, 6.45) is 0. The second kappa shape index (κ2) is 8.40. The molecule has 0 fully saturated rings. The Hall–Kier alpha value is -6.04. The minimum Gasteiger partial charge on any atom is -0.455 e. The van der Waals surface area contributed by atoms with E-state index in [4.69, 9.17) is 14.4 Å². The maximum Gasteiger partial charge on any atom is 0.165 e. The lowest BCUT2D eigenvalue weighted by atomic mass is 9.95. The van der Waals surface area contributed by atoms with Gasteiger partial charge in [0.15, 0.2) is 5.82 Å². The number of fused-ring (bicyclic) bond motifs is 5. The minimum atomic E-state index is 0.799. The van der Waals surface area contributed by atoms with Gasteiger partial charge in [-0.05, 0) is 70.4 Å². The van der Waals surface area contributed by atoms with E-state index in [-0.39, 0.29) is 0 Å². The van der Waals surface area contributed by atoms with Crippen molar-refractivity contribution in [2.75, 3.05) is 0 Å². The van der Waals surface area contributed by atoms with Gasteiger partial charge in [-0.3, -0.25) is 4.57 Å². The predicted octanol–water partition coefficient (Wildman–Crippen LogP) is 11.8. The first-order valence-electron chi connectivity index (χ1n) is 15.8. The number of aromatic nitrogens is 3. The van der Waals surface area contributed by atoms with E-state index in [0.29, 0.717) is 0 Å². The fraction of sp³-hybridized carbons (Fsp3) is 0. The third-order valence-electron chi connectivity index (χ3n) is 10.1. The van der Waals surface area contributed by atoms with Gasteiger partial charge in [0.1, 0.15) is 16.9 Å². The second-order valence-electron chi connectivity index (χ2n) is 12.5. The van der Waals surface area contributed by atoms with Crippen molar-refractivity contribution in [1.82, 2.24) is 14.5 Å². The van der Waals surface area contributed by atoms with Gasteiger partial charge in [0.05, 0.1) is 22.1 Å². The molecule has 5 heteroatoms. The highest BCUT2D eigenvalue weighted by Gasteiger charge is 2.28. The second-order valence-corrected chi connectivity index (χ2v) is 13.6. The smallest absolute Gasteiger partial charge is 0.165 e. The molecule has 4 nitrogen and oxygen atoms in total. The van der Waals surface area contributed by atoms with Crippen LogP contribution in [0.25, 0.3) is 114 Å². The van der Waals surface area contributed by atoms with Crippen molar-refractivity contribution in [3.63, 3.8) is 0 Å².